The van der Waals surface area contributed by atoms with Gasteiger partial charge in [0.1, 0.15) is 11.5 Å². The number of imide groups is 1. The van der Waals surface area contributed by atoms with Crippen molar-refractivity contribution < 1.29 is 23.9 Å². The lowest BCUT2D eigenvalue weighted by Gasteiger charge is -2.16. The first kappa shape index (κ1) is 15.9. The van der Waals surface area contributed by atoms with Crippen LogP contribution in [0, 0.1) is 23.7 Å². The quantitative estimate of drug-likeness (QED) is 0.353. The molecule has 130 valence electrons. The molecule has 2 bridgehead atoms. The highest BCUT2D eigenvalue weighted by Gasteiger charge is 2.59. The van der Waals surface area contributed by atoms with Gasteiger partial charge in [-0.1, -0.05) is 12.2 Å². The largest absolute Gasteiger partial charge is 0.497 e. The Hall–Kier alpha value is -2.63. The number of carbonyl (C=O) groups is 3. The van der Waals surface area contributed by atoms with Crippen molar-refractivity contribution in [2.75, 3.05) is 13.7 Å². The predicted molar refractivity (Wildman–Crippen MR) is 87.7 cm³/mol. The van der Waals surface area contributed by atoms with Gasteiger partial charge in [-0.15, -0.1) is 0 Å². The van der Waals surface area contributed by atoms with Crippen molar-refractivity contribution in [2.24, 2.45) is 23.7 Å². The van der Waals surface area contributed by atoms with Gasteiger partial charge in [-0.05, 0) is 42.5 Å². The summed E-state index contributed by atoms with van der Waals surface area (Å²) in [6, 6.07) is 6.66. The average molecular weight is 341 g/mol. The molecule has 6 nitrogen and oxygen atoms in total. The van der Waals surface area contributed by atoms with Gasteiger partial charge in [0.05, 0.1) is 25.4 Å². The molecule has 1 aliphatic heterocycles. The van der Waals surface area contributed by atoms with Crippen LogP contribution in [0.15, 0.2) is 36.4 Å². The van der Waals surface area contributed by atoms with Gasteiger partial charge in [0.15, 0.2) is 0 Å². The molecule has 0 radical (unpaired) electrons. The molecule has 0 unspecified atom stereocenters. The van der Waals surface area contributed by atoms with Crippen LogP contribution in [0.25, 0.3) is 0 Å². The molecule has 0 aromatic heterocycles. The first-order valence-corrected chi connectivity index (χ1v) is 8.47. The van der Waals surface area contributed by atoms with Crippen molar-refractivity contribution in [3.63, 3.8) is 0 Å². The first-order chi connectivity index (χ1) is 12.1. The maximum atomic E-state index is 12.5. The first-order valence-electron chi connectivity index (χ1n) is 8.47. The smallest absolute Gasteiger partial charge is 0.312 e. The van der Waals surface area contributed by atoms with Gasteiger partial charge >= 0.3 is 5.97 Å². The number of amides is 2. The van der Waals surface area contributed by atoms with Crippen molar-refractivity contribution in [1.82, 2.24) is 4.90 Å². The Morgan fingerprint density at radius 1 is 1.04 bits per heavy atom. The van der Waals surface area contributed by atoms with E-state index in [1.807, 2.05) is 0 Å². The number of esters is 1. The Morgan fingerprint density at radius 3 is 2.16 bits per heavy atom. The number of rotatable bonds is 5. The molecule has 1 saturated carbocycles. The maximum Gasteiger partial charge on any atom is 0.312 e. The Balaban J connectivity index is 1.34. The van der Waals surface area contributed by atoms with E-state index >= 15 is 0 Å². The van der Waals surface area contributed by atoms with Gasteiger partial charge in [0.25, 0.3) is 0 Å². The monoisotopic (exact) mass is 341 g/mol. The molecular weight excluding hydrogens is 322 g/mol. The average Bonchev–Trinajstić information content (AvgIpc) is 3.29. The number of allylic oxidation sites excluding steroid dienone is 2. The molecule has 1 saturated heterocycles. The summed E-state index contributed by atoms with van der Waals surface area (Å²) in [6.07, 6.45) is 5.00. The topological polar surface area (TPSA) is 72.9 Å². The molecule has 1 heterocycles. The van der Waals surface area contributed by atoms with E-state index in [4.69, 9.17) is 9.47 Å². The van der Waals surface area contributed by atoms with Crippen LogP contribution in [-0.4, -0.2) is 36.3 Å². The molecule has 1 aromatic carbocycles. The second kappa shape index (κ2) is 6.02. The van der Waals surface area contributed by atoms with Crippen LogP contribution in [0.5, 0.6) is 11.5 Å². The van der Waals surface area contributed by atoms with Crippen LogP contribution < -0.4 is 9.47 Å². The number of likely N-dealkylation sites (tertiary alicyclic amines) is 1. The van der Waals surface area contributed by atoms with Gasteiger partial charge in [-0.2, -0.15) is 0 Å². The minimum atomic E-state index is -0.469. The van der Waals surface area contributed by atoms with Crippen LogP contribution in [0.3, 0.4) is 0 Å². The molecule has 2 amide bonds. The zero-order chi connectivity index (χ0) is 17.6. The second-order valence-electron chi connectivity index (χ2n) is 6.73. The van der Waals surface area contributed by atoms with Gasteiger partial charge in [0, 0.05) is 6.54 Å². The number of carbonyl (C=O) groups excluding carboxylic acids is 3. The van der Waals surface area contributed by atoms with E-state index in [-0.39, 0.29) is 48.5 Å². The van der Waals surface area contributed by atoms with Crippen LogP contribution in [0.1, 0.15) is 12.8 Å². The Labute approximate surface area is 145 Å². The highest BCUT2D eigenvalue weighted by Crippen LogP contribution is 2.52. The molecular formula is C19H19NO5. The number of ether oxygens (including phenoxy) is 2. The molecule has 6 heteroatoms. The van der Waals surface area contributed by atoms with E-state index in [0.717, 1.165) is 6.42 Å². The molecule has 0 N–H and O–H groups in total. The van der Waals surface area contributed by atoms with Gasteiger partial charge in [-0.25, -0.2) is 0 Å². The molecule has 4 atom stereocenters. The van der Waals surface area contributed by atoms with E-state index in [1.54, 1.807) is 31.4 Å². The number of hydrogen-bond acceptors (Lipinski definition) is 5. The lowest BCUT2D eigenvalue weighted by atomic mass is 9.85. The Bertz CT molecular complexity index is 724. The lowest BCUT2D eigenvalue weighted by molar-refractivity contribution is -0.142. The van der Waals surface area contributed by atoms with E-state index in [2.05, 4.69) is 12.2 Å². The molecule has 25 heavy (non-hydrogen) atoms. The standard InChI is InChI=1S/C19H19NO5/c1-24-13-4-6-14(7-5-13)25-15(21)8-9-20-18(22)16-11-2-3-12(10-11)17(16)19(20)23/h2-7,11-12,16-17H,8-10H2,1H3/t11-,12-,16-,17+/m1/s1. The van der Waals surface area contributed by atoms with Crippen LogP contribution >= 0.6 is 0 Å². The second-order valence-corrected chi connectivity index (χ2v) is 6.73. The summed E-state index contributed by atoms with van der Waals surface area (Å²) in [5.41, 5.74) is 0. The van der Waals surface area contributed by atoms with E-state index in [1.165, 1.54) is 4.90 Å². The minimum absolute atomic E-state index is 0.00822. The highest BCUT2D eigenvalue weighted by molar-refractivity contribution is 6.06. The third-order valence-electron chi connectivity index (χ3n) is 5.39. The van der Waals surface area contributed by atoms with Crippen molar-refractivity contribution in [3.8, 4) is 11.5 Å². The third-order valence-corrected chi connectivity index (χ3v) is 5.39. The summed E-state index contributed by atoms with van der Waals surface area (Å²) in [7, 11) is 1.56. The van der Waals surface area contributed by atoms with Gasteiger partial charge < -0.3 is 9.47 Å². The number of methoxy groups -OCH3 is 1. The molecule has 0 spiro atoms. The fourth-order valence-corrected chi connectivity index (χ4v) is 4.21. The van der Waals surface area contributed by atoms with Gasteiger partial charge in [-0.3, -0.25) is 19.3 Å². The summed E-state index contributed by atoms with van der Waals surface area (Å²) in [5.74, 6) is 0.259. The van der Waals surface area contributed by atoms with Crippen molar-refractivity contribution >= 4 is 17.8 Å². The highest BCUT2D eigenvalue weighted by atomic mass is 16.5. The number of fused-ring (bicyclic) bond motifs is 5. The molecule has 1 aromatic rings. The number of nitrogens with zero attached hydrogens (tertiary/aromatic N) is 1. The normalized spacial score (nSPS) is 29.2. The summed E-state index contributed by atoms with van der Waals surface area (Å²) >= 11 is 0. The van der Waals surface area contributed by atoms with Crippen molar-refractivity contribution in [1.29, 1.82) is 0 Å². The van der Waals surface area contributed by atoms with Gasteiger partial charge in [0.2, 0.25) is 11.8 Å². The SMILES string of the molecule is COc1ccc(OC(=O)CCN2C(=O)[C@@H]3[C@H](C2=O)[C@@H]2C=C[C@@H]3C2)cc1. The summed E-state index contributed by atoms with van der Waals surface area (Å²) in [5, 5.41) is 0. The maximum absolute atomic E-state index is 12.5. The number of hydrogen-bond donors (Lipinski definition) is 0. The zero-order valence-electron chi connectivity index (χ0n) is 13.9. The van der Waals surface area contributed by atoms with Crippen LogP contribution in [0.4, 0.5) is 0 Å². The number of benzene rings is 1. The van der Waals surface area contributed by atoms with Crippen LogP contribution in [-0.2, 0) is 14.4 Å². The summed E-state index contributed by atoms with van der Waals surface area (Å²) in [4.78, 5) is 38.3. The lowest BCUT2D eigenvalue weighted by Crippen LogP contribution is -2.35. The van der Waals surface area contributed by atoms with Crippen molar-refractivity contribution in [2.45, 2.75) is 12.8 Å². The summed E-state index contributed by atoms with van der Waals surface area (Å²) < 4.78 is 10.3. The summed E-state index contributed by atoms with van der Waals surface area (Å²) in [6.45, 7) is 0.0824. The van der Waals surface area contributed by atoms with Crippen LogP contribution in [0.2, 0.25) is 0 Å². The molecule has 2 fully saturated rings. The third kappa shape index (κ3) is 2.62. The fourth-order valence-electron chi connectivity index (χ4n) is 4.21. The molecule has 3 aliphatic rings. The van der Waals surface area contributed by atoms with Crippen molar-refractivity contribution in [3.05, 3.63) is 36.4 Å². The Kier molecular flexibility index (Phi) is 3.82. The minimum Gasteiger partial charge on any atom is -0.497 e. The zero-order valence-corrected chi connectivity index (χ0v) is 13.9. The fraction of sp³-hybridized carbons (Fsp3) is 0.421. The Morgan fingerprint density at radius 2 is 1.60 bits per heavy atom. The van der Waals surface area contributed by atoms with E-state index < -0.39 is 5.97 Å². The molecule has 4 rings (SSSR count). The van der Waals surface area contributed by atoms with E-state index in [0.29, 0.717) is 11.5 Å². The predicted octanol–water partition coefficient (Wildman–Crippen LogP) is 1.80. The molecule has 2 aliphatic carbocycles. The van der Waals surface area contributed by atoms with E-state index in [9.17, 15) is 14.4 Å².